The first-order valence-corrected chi connectivity index (χ1v) is 8.02. The summed E-state index contributed by atoms with van der Waals surface area (Å²) in [5.41, 5.74) is 4.89. The summed E-state index contributed by atoms with van der Waals surface area (Å²) in [5, 5.41) is 3.60. The van der Waals surface area contributed by atoms with Crippen molar-refractivity contribution in [2.75, 3.05) is 0 Å². The van der Waals surface area contributed by atoms with Crippen molar-refractivity contribution in [3.8, 4) is 0 Å². The molecule has 1 heterocycles. The number of esters is 1. The Labute approximate surface area is 130 Å². The first kappa shape index (κ1) is 18.4. The molecular weight excluding hydrogens is 264 g/mol. The van der Waals surface area contributed by atoms with Crippen LogP contribution in [0.25, 0.3) is 0 Å². The number of carbonyl (C=O) groups is 1. The lowest BCUT2D eigenvalue weighted by molar-refractivity contribution is -0.168. The number of hydrogen-bond donors (Lipinski definition) is 2. The lowest BCUT2D eigenvalue weighted by Gasteiger charge is -2.47. The first-order valence-electron chi connectivity index (χ1n) is 8.02. The van der Waals surface area contributed by atoms with Gasteiger partial charge in [0.05, 0.1) is 5.41 Å². The van der Waals surface area contributed by atoms with Crippen LogP contribution in [0, 0.1) is 5.41 Å². The van der Waals surface area contributed by atoms with Crippen LogP contribution in [0.3, 0.4) is 0 Å². The van der Waals surface area contributed by atoms with E-state index in [1.807, 2.05) is 27.7 Å². The van der Waals surface area contributed by atoms with Gasteiger partial charge in [0.25, 0.3) is 0 Å². The number of piperidine rings is 1. The third-order valence-corrected chi connectivity index (χ3v) is 5.01. The molecule has 1 rings (SSSR count). The van der Waals surface area contributed by atoms with Crippen molar-refractivity contribution >= 4 is 5.97 Å². The second kappa shape index (κ2) is 5.54. The quantitative estimate of drug-likeness (QED) is 0.783. The summed E-state index contributed by atoms with van der Waals surface area (Å²) in [6.07, 6.45) is 2.27. The Morgan fingerprint density at radius 2 is 1.62 bits per heavy atom. The minimum absolute atomic E-state index is 0.0342. The van der Waals surface area contributed by atoms with E-state index in [0.29, 0.717) is 6.42 Å². The number of nitrogens with two attached hydrogens (primary N) is 1. The Balaban J connectivity index is 2.87. The summed E-state index contributed by atoms with van der Waals surface area (Å²) >= 11 is 0. The molecular formula is C17H34N2O2. The molecule has 1 atom stereocenters. The van der Waals surface area contributed by atoms with Gasteiger partial charge in [-0.2, -0.15) is 0 Å². The molecule has 1 aliphatic heterocycles. The Morgan fingerprint density at radius 3 is 1.95 bits per heavy atom. The second-order valence-electron chi connectivity index (χ2n) is 8.74. The van der Waals surface area contributed by atoms with Crippen molar-refractivity contribution < 1.29 is 9.53 Å². The van der Waals surface area contributed by atoms with E-state index in [-0.39, 0.29) is 23.2 Å². The highest BCUT2D eigenvalue weighted by atomic mass is 16.5. The van der Waals surface area contributed by atoms with Crippen LogP contribution >= 0.6 is 0 Å². The van der Waals surface area contributed by atoms with Crippen molar-refractivity contribution in [2.45, 2.75) is 97.4 Å². The molecule has 1 aliphatic rings. The van der Waals surface area contributed by atoms with Gasteiger partial charge >= 0.3 is 5.97 Å². The van der Waals surface area contributed by atoms with Crippen LogP contribution in [-0.4, -0.2) is 28.7 Å². The third-order valence-electron chi connectivity index (χ3n) is 5.01. The fourth-order valence-electron chi connectivity index (χ4n) is 3.46. The molecule has 0 radical (unpaired) electrons. The van der Waals surface area contributed by atoms with E-state index in [1.54, 1.807) is 0 Å². The second-order valence-corrected chi connectivity index (χ2v) is 8.74. The van der Waals surface area contributed by atoms with E-state index in [1.165, 1.54) is 0 Å². The van der Waals surface area contributed by atoms with Crippen LogP contribution in [0.15, 0.2) is 0 Å². The molecule has 124 valence electrons. The maximum absolute atomic E-state index is 12.7. The van der Waals surface area contributed by atoms with Gasteiger partial charge in [-0.15, -0.1) is 0 Å². The zero-order valence-corrected chi connectivity index (χ0v) is 15.1. The van der Waals surface area contributed by atoms with Gasteiger partial charge < -0.3 is 15.8 Å². The fourth-order valence-corrected chi connectivity index (χ4v) is 3.46. The molecule has 21 heavy (non-hydrogen) atoms. The van der Waals surface area contributed by atoms with E-state index >= 15 is 0 Å². The number of carbonyl (C=O) groups excluding carboxylic acids is 1. The van der Waals surface area contributed by atoms with E-state index < -0.39 is 11.0 Å². The minimum atomic E-state index is -0.661. The molecule has 0 aromatic heterocycles. The fraction of sp³-hybridized carbons (Fsp3) is 0.941. The van der Waals surface area contributed by atoms with Gasteiger partial charge in [0.2, 0.25) is 0 Å². The van der Waals surface area contributed by atoms with E-state index in [9.17, 15) is 4.79 Å². The molecule has 3 N–H and O–H groups in total. The van der Waals surface area contributed by atoms with Crippen molar-refractivity contribution in [2.24, 2.45) is 11.1 Å². The van der Waals surface area contributed by atoms with Gasteiger partial charge in [0, 0.05) is 29.5 Å². The lowest BCUT2D eigenvalue weighted by Crippen LogP contribution is -2.61. The van der Waals surface area contributed by atoms with Gasteiger partial charge in [-0.05, 0) is 54.9 Å². The van der Waals surface area contributed by atoms with Crippen LogP contribution in [-0.2, 0) is 9.53 Å². The van der Waals surface area contributed by atoms with Crippen LogP contribution < -0.4 is 11.1 Å². The molecule has 0 saturated carbocycles. The molecule has 1 saturated heterocycles. The molecule has 4 heteroatoms. The highest BCUT2D eigenvalue weighted by Gasteiger charge is 2.47. The van der Waals surface area contributed by atoms with Crippen molar-refractivity contribution in [1.29, 1.82) is 0 Å². The highest BCUT2D eigenvalue weighted by molar-refractivity contribution is 5.78. The number of rotatable bonds is 4. The van der Waals surface area contributed by atoms with Crippen molar-refractivity contribution in [1.82, 2.24) is 5.32 Å². The SMILES string of the molecule is CCC(C)(C(=O)OC1CC(C)(C)NC(C)(C)C1)C(C)(C)N. The minimum Gasteiger partial charge on any atom is -0.462 e. The summed E-state index contributed by atoms with van der Waals surface area (Å²) in [5.74, 6) is -0.170. The van der Waals surface area contributed by atoms with Gasteiger partial charge in [-0.25, -0.2) is 0 Å². The zero-order valence-electron chi connectivity index (χ0n) is 15.1. The van der Waals surface area contributed by atoms with E-state index in [4.69, 9.17) is 10.5 Å². The molecule has 1 fully saturated rings. The highest BCUT2D eigenvalue weighted by Crippen LogP contribution is 2.37. The average molecular weight is 298 g/mol. The molecule has 0 aromatic rings. The first-order chi connectivity index (χ1) is 9.22. The van der Waals surface area contributed by atoms with Gasteiger partial charge in [0.1, 0.15) is 6.10 Å². The monoisotopic (exact) mass is 298 g/mol. The zero-order chi connectivity index (χ0) is 16.7. The topological polar surface area (TPSA) is 64.3 Å². The van der Waals surface area contributed by atoms with Crippen molar-refractivity contribution in [3.63, 3.8) is 0 Å². The normalized spacial score (nSPS) is 25.2. The Kier molecular flexibility index (Phi) is 4.87. The maximum Gasteiger partial charge on any atom is 0.313 e. The smallest absolute Gasteiger partial charge is 0.313 e. The Morgan fingerprint density at radius 1 is 1.19 bits per heavy atom. The molecule has 4 nitrogen and oxygen atoms in total. The Bertz CT molecular complexity index is 380. The predicted octanol–water partition coefficient (Wildman–Crippen LogP) is 2.99. The van der Waals surface area contributed by atoms with Crippen molar-refractivity contribution in [3.05, 3.63) is 0 Å². The summed E-state index contributed by atoms with van der Waals surface area (Å²) in [6.45, 7) is 16.3. The van der Waals surface area contributed by atoms with Crippen LogP contribution in [0.4, 0.5) is 0 Å². The average Bonchev–Trinajstić information content (AvgIpc) is 2.21. The molecule has 1 unspecified atom stereocenters. The van der Waals surface area contributed by atoms with Gasteiger partial charge in [0.15, 0.2) is 0 Å². The summed E-state index contributed by atoms with van der Waals surface area (Å²) < 4.78 is 5.89. The molecule has 0 amide bonds. The van der Waals surface area contributed by atoms with Crippen LogP contribution in [0.2, 0.25) is 0 Å². The van der Waals surface area contributed by atoms with Gasteiger partial charge in [-0.3, -0.25) is 4.79 Å². The maximum atomic E-state index is 12.7. The molecule has 0 spiro atoms. The number of hydrogen-bond acceptors (Lipinski definition) is 4. The van der Waals surface area contributed by atoms with Gasteiger partial charge in [-0.1, -0.05) is 6.92 Å². The standard InChI is InChI=1S/C17H34N2O2/c1-9-17(8,16(6,7)18)13(20)21-12-10-14(2,3)19-15(4,5)11-12/h12,19H,9-11,18H2,1-8H3. The number of ether oxygens (including phenoxy) is 1. The Hall–Kier alpha value is -0.610. The van der Waals surface area contributed by atoms with Crippen LogP contribution in [0.5, 0.6) is 0 Å². The predicted molar refractivity (Wildman–Crippen MR) is 87.1 cm³/mol. The summed E-state index contributed by atoms with van der Waals surface area (Å²) in [6, 6.07) is 0. The van der Waals surface area contributed by atoms with E-state index in [2.05, 4.69) is 33.0 Å². The van der Waals surface area contributed by atoms with Crippen LogP contribution in [0.1, 0.15) is 74.7 Å². The molecule has 0 aliphatic carbocycles. The lowest BCUT2D eigenvalue weighted by atomic mass is 9.71. The summed E-state index contributed by atoms with van der Waals surface area (Å²) in [7, 11) is 0. The number of nitrogens with one attached hydrogen (secondary N) is 1. The third kappa shape index (κ3) is 4.19. The molecule has 0 bridgehead atoms. The molecule has 0 aromatic carbocycles. The summed E-state index contributed by atoms with van der Waals surface area (Å²) in [4.78, 5) is 12.7. The largest absolute Gasteiger partial charge is 0.462 e. The van der Waals surface area contributed by atoms with E-state index in [0.717, 1.165) is 12.8 Å².